The van der Waals surface area contributed by atoms with Crippen molar-refractivity contribution < 1.29 is 19.1 Å². The minimum atomic E-state index is -0.817. The Morgan fingerprint density at radius 3 is 2.53 bits per heavy atom. The Labute approximate surface area is 172 Å². The summed E-state index contributed by atoms with van der Waals surface area (Å²) in [5, 5.41) is 12.8. The number of anilines is 1. The molecular weight excluding hydrogens is 388 g/mol. The monoisotopic (exact) mass is 410 g/mol. The van der Waals surface area contributed by atoms with Crippen molar-refractivity contribution in [3.8, 4) is 11.5 Å². The van der Waals surface area contributed by atoms with E-state index in [4.69, 9.17) is 9.47 Å². The summed E-state index contributed by atoms with van der Waals surface area (Å²) in [6.45, 7) is 1.57. The molecule has 3 aromatic rings. The van der Waals surface area contributed by atoms with Crippen LogP contribution in [-0.4, -0.2) is 42.3 Å². The van der Waals surface area contributed by atoms with Crippen LogP contribution < -0.4 is 25.7 Å². The fourth-order valence-electron chi connectivity index (χ4n) is 2.97. The second-order valence-corrected chi connectivity index (χ2v) is 6.57. The van der Waals surface area contributed by atoms with Crippen molar-refractivity contribution in [2.24, 2.45) is 0 Å². The van der Waals surface area contributed by atoms with Crippen LogP contribution in [0.15, 0.2) is 47.3 Å². The standard InChI is InChI=1S/C21H22N4O5/c1-12(20(27)23-17-10-13(29-2)8-9-18(17)30-3)22-19(26)11-16-14-6-4-5-7-15(14)21(28)25-24-16/h4-10,12H,11H2,1-3H3,(H,22,26)(H,23,27)(H,25,28)/t12-/m0/s1. The molecule has 0 saturated carbocycles. The van der Waals surface area contributed by atoms with Crippen molar-refractivity contribution >= 4 is 28.3 Å². The number of rotatable bonds is 7. The maximum absolute atomic E-state index is 12.5. The molecule has 0 unspecified atom stereocenters. The van der Waals surface area contributed by atoms with Gasteiger partial charge in [-0.25, -0.2) is 5.10 Å². The third kappa shape index (κ3) is 4.57. The molecule has 0 spiro atoms. The molecule has 1 atom stereocenters. The Balaban J connectivity index is 1.68. The lowest BCUT2D eigenvalue weighted by molar-refractivity contribution is -0.125. The fourth-order valence-corrected chi connectivity index (χ4v) is 2.97. The first-order chi connectivity index (χ1) is 14.4. The number of amides is 2. The minimum Gasteiger partial charge on any atom is -0.497 e. The predicted octanol–water partition coefficient (Wildman–Crippen LogP) is 1.63. The van der Waals surface area contributed by atoms with E-state index in [0.717, 1.165) is 0 Å². The summed E-state index contributed by atoms with van der Waals surface area (Å²) in [7, 11) is 3.01. The molecule has 0 bridgehead atoms. The summed E-state index contributed by atoms with van der Waals surface area (Å²) in [6, 6.07) is 11.1. The van der Waals surface area contributed by atoms with Crippen LogP contribution in [0.4, 0.5) is 5.69 Å². The van der Waals surface area contributed by atoms with Crippen LogP contribution in [0.1, 0.15) is 12.6 Å². The number of nitrogens with zero attached hydrogens (tertiary/aromatic N) is 1. The van der Waals surface area contributed by atoms with E-state index in [9.17, 15) is 14.4 Å². The van der Waals surface area contributed by atoms with E-state index in [1.165, 1.54) is 14.2 Å². The largest absolute Gasteiger partial charge is 0.497 e. The molecule has 9 nitrogen and oxygen atoms in total. The first-order valence-electron chi connectivity index (χ1n) is 9.21. The molecule has 30 heavy (non-hydrogen) atoms. The Kier molecular flexibility index (Phi) is 6.31. The minimum absolute atomic E-state index is 0.0859. The highest BCUT2D eigenvalue weighted by molar-refractivity contribution is 5.98. The van der Waals surface area contributed by atoms with E-state index >= 15 is 0 Å². The molecular formula is C21H22N4O5. The van der Waals surface area contributed by atoms with E-state index in [0.29, 0.717) is 33.7 Å². The van der Waals surface area contributed by atoms with Crippen molar-refractivity contribution in [1.82, 2.24) is 15.5 Å². The third-order valence-corrected chi connectivity index (χ3v) is 4.54. The summed E-state index contributed by atoms with van der Waals surface area (Å²) in [4.78, 5) is 36.9. The number of fused-ring (bicyclic) bond motifs is 1. The molecule has 156 valence electrons. The molecule has 2 amide bonds. The normalized spacial score (nSPS) is 11.6. The third-order valence-electron chi connectivity index (χ3n) is 4.54. The smallest absolute Gasteiger partial charge is 0.272 e. The van der Waals surface area contributed by atoms with Crippen LogP contribution in [0, 0.1) is 0 Å². The Morgan fingerprint density at radius 2 is 1.83 bits per heavy atom. The van der Waals surface area contributed by atoms with Gasteiger partial charge in [0.1, 0.15) is 17.5 Å². The molecule has 1 aromatic heterocycles. The highest BCUT2D eigenvalue weighted by Crippen LogP contribution is 2.28. The zero-order chi connectivity index (χ0) is 21.7. The Bertz CT molecular complexity index is 1140. The average molecular weight is 410 g/mol. The fraction of sp³-hybridized carbons (Fsp3) is 0.238. The summed E-state index contributed by atoms with van der Waals surface area (Å²) in [5.41, 5.74) is 0.524. The number of aromatic amines is 1. The van der Waals surface area contributed by atoms with Crippen LogP contribution in [0.5, 0.6) is 11.5 Å². The number of aromatic nitrogens is 2. The van der Waals surface area contributed by atoms with Crippen LogP contribution in [0.3, 0.4) is 0 Å². The van der Waals surface area contributed by atoms with Gasteiger partial charge in [-0.1, -0.05) is 18.2 Å². The number of H-pyrrole nitrogens is 1. The van der Waals surface area contributed by atoms with Crippen LogP contribution >= 0.6 is 0 Å². The number of benzene rings is 2. The van der Waals surface area contributed by atoms with Crippen molar-refractivity contribution in [2.75, 3.05) is 19.5 Å². The number of hydrogen-bond acceptors (Lipinski definition) is 6. The average Bonchev–Trinajstić information content (AvgIpc) is 2.75. The zero-order valence-electron chi connectivity index (χ0n) is 16.8. The SMILES string of the molecule is COc1ccc(OC)c(NC(=O)[C@H](C)NC(=O)Cc2n[nH]c(=O)c3ccccc23)c1. The van der Waals surface area contributed by atoms with Gasteiger partial charge in [-0.2, -0.15) is 5.10 Å². The molecule has 0 aliphatic heterocycles. The second kappa shape index (κ2) is 9.08. The first-order valence-corrected chi connectivity index (χ1v) is 9.21. The predicted molar refractivity (Wildman–Crippen MR) is 112 cm³/mol. The number of hydrogen-bond donors (Lipinski definition) is 3. The van der Waals surface area contributed by atoms with Gasteiger partial charge >= 0.3 is 0 Å². The summed E-state index contributed by atoms with van der Waals surface area (Å²) in [6.07, 6.45) is -0.0859. The number of carbonyl (C=O) groups excluding carboxylic acids is 2. The maximum Gasteiger partial charge on any atom is 0.272 e. The number of methoxy groups -OCH3 is 2. The molecule has 1 heterocycles. The molecule has 0 aliphatic carbocycles. The van der Waals surface area contributed by atoms with E-state index in [2.05, 4.69) is 20.8 Å². The van der Waals surface area contributed by atoms with Crippen molar-refractivity contribution in [2.45, 2.75) is 19.4 Å². The lowest BCUT2D eigenvalue weighted by atomic mass is 10.1. The van der Waals surface area contributed by atoms with Gasteiger partial charge in [-0.05, 0) is 25.1 Å². The second-order valence-electron chi connectivity index (χ2n) is 6.57. The van der Waals surface area contributed by atoms with Gasteiger partial charge in [0.05, 0.1) is 37.4 Å². The van der Waals surface area contributed by atoms with E-state index in [-0.39, 0.29) is 12.0 Å². The summed E-state index contributed by atoms with van der Waals surface area (Å²) < 4.78 is 10.4. The van der Waals surface area contributed by atoms with Gasteiger partial charge in [0.25, 0.3) is 5.56 Å². The quantitative estimate of drug-likeness (QED) is 0.544. The van der Waals surface area contributed by atoms with Gasteiger partial charge in [0.15, 0.2) is 0 Å². The molecule has 0 saturated heterocycles. The lowest BCUT2D eigenvalue weighted by Gasteiger charge is -2.16. The Morgan fingerprint density at radius 1 is 1.10 bits per heavy atom. The molecule has 3 rings (SSSR count). The van der Waals surface area contributed by atoms with Crippen molar-refractivity contribution in [3.05, 3.63) is 58.5 Å². The molecule has 0 fully saturated rings. The molecule has 9 heteroatoms. The molecule has 0 radical (unpaired) electrons. The number of carbonyl (C=O) groups is 2. The van der Waals surface area contributed by atoms with Crippen LogP contribution in [0.25, 0.3) is 10.8 Å². The van der Waals surface area contributed by atoms with E-state index in [1.54, 1.807) is 49.4 Å². The topological polar surface area (TPSA) is 122 Å². The van der Waals surface area contributed by atoms with Gasteiger partial charge < -0.3 is 20.1 Å². The molecule has 0 aliphatic rings. The van der Waals surface area contributed by atoms with Crippen molar-refractivity contribution in [1.29, 1.82) is 0 Å². The lowest BCUT2D eigenvalue weighted by Crippen LogP contribution is -2.42. The number of ether oxygens (including phenoxy) is 2. The highest BCUT2D eigenvalue weighted by Gasteiger charge is 2.19. The van der Waals surface area contributed by atoms with E-state index < -0.39 is 17.9 Å². The highest BCUT2D eigenvalue weighted by atomic mass is 16.5. The summed E-state index contributed by atoms with van der Waals surface area (Å²) >= 11 is 0. The first kappa shape index (κ1) is 20.8. The zero-order valence-corrected chi connectivity index (χ0v) is 16.8. The van der Waals surface area contributed by atoms with Crippen molar-refractivity contribution in [3.63, 3.8) is 0 Å². The van der Waals surface area contributed by atoms with Gasteiger partial charge in [0, 0.05) is 11.5 Å². The Hall–Kier alpha value is -3.88. The van der Waals surface area contributed by atoms with Crippen LogP contribution in [-0.2, 0) is 16.0 Å². The van der Waals surface area contributed by atoms with Gasteiger partial charge in [0.2, 0.25) is 11.8 Å². The maximum atomic E-state index is 12.5. The van der Waals surface area contributed by atoms with Gasteiger partial charge in [-0.15, -0.1) is 0 Å². The van der Waals surface area contributed by atoms with E-state index in [1.807, 2.05) is 0 Å². The van der Waals surface area contributed by atoms with Crippen LogP contribution in [0.2, 0.25) is 0 Å². The number of nitrogens with one attached hydrogen (secondary N) is 3. The summed E-state index contributed by atoms with van der Waals surface area (Å²) in [5.74, 6) is 0.194. The van der Waals surface area contributed by atoms with Gasteiger partial charge in [-0.3, -0.25) is 14.4 Å². The molecule has 3 N–H and O–H groups in total. The molecule has 2 aromatic carbocycles.